The van der Waals surface area contributed by atoms with Crippen LogP contribution in [0.3, 0.4) is 0 Å². The summed E-state index contributed by atoms with van der Waals surface area (Å²) in [7, 11) is 0. The molecule has 4 rings (SSSR count). The Morgan fingerprint density at radius 1 is 1.26 bits per heavy atom. The van der Waals surface area contributed by atoms with E-state index >= 15 is 0 Å². The largest absolute Gasteiger partial charge is 0.393 e. The average Bonchev–Trinajstić information content (AvgIpc) is 2.68. The van der Waals surface area contributed by atoms with Crippen LogP contribution in [-0.4, -0.2) is 27.7 Å². The number of aliphatic hydroxyl groups is 2. The third kappa shape index (κ3) is 1.99. The van der Waals surface area contributed by atoms with Crippen LogP contribution in [0.5, 0.6) is 0 Å². The molecular formula is C20H28O3. The first-order valence-corrected chi connectivity index (χ1v) is 9.07. The molecule has 2 N–H and O–H groups in total. The second-order valence-electron chi connectivity index (χ2n) is 8.89. The number of ketones is 1. The topological polar surface area (TPSA) is 57.5 Å². The van der Waals surface area contributed by atoms with E-state index < -0.39 is 11.7 Å². The highest BCUT2D eigenvalue weighted by atomic mass is 16.3. The van der Waals surface area contributed by atoms with Gasteiger partial charge < -0.3 is 10.2 Å². The summed E-state index contributed by atoms with van der Waals surface area (Å²) < 4.78 is 0. The van der Waals surface area contributed by atoms with Gasteiger partial charge in [-0.05, 0) is 55.9 Å². The predicted octanol–water partition coefficient (Wildman–Crippen LogP) is 2.87. The van der Waals surface area contributed by atoms with Crippen molar-refractivity contribution in [1.82, 2.24) is 0 Å². The molecule has 2 saturated carbocycles. The summed E-state index contributed by atoms with van der Waals surface area (Å²) in [5, 5.41) is 21.9. The summed E-state index contributed by atoms with van der Waals surface area (Å²) in [6, 6.07) is 0. The quantitative estimate of drug-likeness (QED) is 0.676. The molecule has 0 aromatic heterocycles. The van der Waals surface area contributed by atoms with Crippen molar-refractivity contribution in [3.05, 3.63) is 23.8 Å². The summed E-state index contributed by atoms with van der Waals surface area (Å²) >= 11 is 0. The molecule has 0 aromatic carbocycles. The number of hydrogen-bond donors (Lipinski definition) is 2. The number of carbonyl (C=O) groups excluding carboxylic acids is 1. The molecule has 3 nitrogen and oxygen atoms in total. The van der Waals surface area contributed by atoms with E-state index in [-0.39, 0.29) is 23.0 Å². The highest BCUT2D eigenvalue weighted by molar-refractivity contribution is 5.93. The molecular weight excluding hydrogens is 288 g/mol. The molecule has 3 heteroatoms. The van der Waals surface area contributed by atoms with Crippen LogP contribution >= 0.6 is 0 Å². The molecule has 0 heterocycles. The van der Waals surface area contributed by atoms with E-state index in [9.17, 15) is 15.0 Å². The van der Waals surface area contributed by atoms with E-state index in [4.69, 9.17) is 0 Å². The number of aliphatic hydroxyl groups excluding tert-OH is 1. The van der Waals surface area contributed by atoms with Crippen LogP contribution < -0.4 is 0 Å². The molecule has 0 aromatic rings. The standard InChI is InChI=1S/C20H28O3/c1-11-8-12-9-13(21)4-5-14(12)18-16(22)10-19(2)15(17(11)18)6-7-20(19,3)23/h4-5,8,11,14-18,22-23H,6-7,9-10H2,1-3H3/t11-,14+,15+,16+,17+,18+,19+,20-/m1/s1. The van der Waals surface area contributed by atoms with E-state index in [1.54, 1.807) is 6.08 Å². The van der Waals surface area contributed by atoms with Gasteiger partial charge in [0.15, 0.2) is 5.78 Å². The first-order valence-electron chi connectivity index (χ1n) is 9.07. The lowest BCUT2D eigenvalue weighted by atomic mass is 9.49. The molecule has 0 radical (unpaired) electrons. The molecule has 4 aliphatic carbocycles. The molecule has 23 heavy (non-hydrogen) atoms. The summed E-state index contributed by atoms with van der Waals surface area (Å²) in [6.07, 6.45) is 8.68. The maximum atomic E-state index is 11.8. The zero-order valence-corrected chi connectivity index (χ0v) is 14.3. The normalized spacial score (nSPS) is 55.0. The maximum Gasteiger partial charge on any atom is 0.159 e. The molecule has 0 saturated heterocycles. The fraction of sp³-hybridized carbons (Fsp3) is 0.750. The third-order valence-corrected chi connectivity index (χ3v) is 7.77. The van der Waals surface area contributed by atoms with Gasteiger partial charge >= 0.3 is 0 Å². The van der Waals surface area contributed by atoms with Gasteiger partial charge in [-0.2, -0.15) is 0 Å². The van der Waals surface area contributed by atoms with Crippen molar-refractivity contribution in [2.75, 3.05) is 0 Å². The van der Waals surface area contributed by atoms with Crippen LogP contribution in [0.1, 0.15) is 46.5 Å². The molecule has 0 unspecified atom stereocenters. The summed E-state index contributed by atoms with van der Waals surface area (Å²) in [4.78, 5) is 11.8. The van der Waals surface area contributed by atoms with Crippen LogP contribution in [0, 0.1) is 35.0 Å². The van der Waals surface area contributed by atoms with Crippen molar-refractivity contribution in [2.24, 2.45) is 35.0 Å². The van der Waals surface area contributed by atoms with Crippen molar-refractivity contribution >= 4 is 5.78 Å². The highest BCUT2D eigenvalue weighted by Gasteiger charge is 2.63. The monoisotopic (exact) mass is 316 g/mol. The van der Waals surface area contributed by atoms with E-state index in [0.29, 0.717) is 30.6 Å². The van der Waals surface area contributed by atoms with E-state index in [2.05, 4.69) is 19.9 Å². The summed E-state index contributed by atoms with van der Waals surface area (Å²) in [5.41, 5.74) is 0.311. The van der Waals surface area contributed by atoms with Crippen molar-refractivity contribution < 1.29 is 15.0 Å². The van der Waals surface area contributed by atoms with Crippen molar-refractivity contribution in [2.45, 2.75) is 58.2 Å². The van der Waals surface area contributed by atoms with Gasteiger partial charge in [-0.25, -0.2) is 0 Å². The van der Waals surface area contributed by atoms with Gasteiger partial charge in [-0.3, -0.25) is 4.79 Å². The predicted molar refractivity (Wildman–Crippen MR) is 88.6 cm³/mol. The highest BCUT2D eigenvalue weighted by Crippen LogP contribution is 2.64. The minimum atomic E-state index is -0.689. The molecule has 4 aliphatic rings. The van der Waals surface area contributed by atoms with Gasteiger partial charge in [-0.15, -0.1) is 0 Å². The first-order chi connectivity index (χ1) is 10.7. The zero-order valence-electron chi connectivity index (χ0n) is 14.3. The Kier molecular flexibility index (Phi) is 3.25. The first kappa shape index (κ1) is 15.6. The maximum absolute atomic E-state index is 11.8. The van der Waals surface area contributed by atoms with Gasteiger partial charge in [0.1, 0.15) is 0 Å². The summed E-state index contributed by atoms with van der Waals surface area (Å²) in [6.45, 7) is 6.36. The third-order valence-electron chi connectivity index (χ3n) is 7.77. The van der Waals surface area contributed by atoms with Gasteiger partial charge in [-0.1, -0.05) is 31.6 Å². The van der Waals surface area contributed by atoms with Crippen molar-refractivity contribution in [3.63, 3.8) is 0 Å². The number of hydrogen-bond acceptors (Lipinski definition) is 3. The van der Waals surface area contributed by atoms with E-state index in [1.165, 1.54) is 5.57 Å². The minimum Gasteiger partial charge on any atom is -0.393 e. The molecule has 0 spiro atoms. The molecule has 2 fully saturated rings. The Morgan fingerprint density at radius 2 is 2.00 bits per heavy atom. The Labute approximate surface area is 138 Å². The molecule has 0 bridgehead atoms. The zero-order chi connectivity index (χ0) is 16.6. The van der Waals surface area contributed by atoms with Gasteiger partial charge in [0.05, 0.1) is 11.7 Å². The molecule has 126 valence electrons. The SMILES string of the molecule is C[C@@H]1C=C2CC(=O)C=C[C@@H]2[C@@H]2[C@@H]1[C@@H]1CC[C@@](C)(O)[C@@]1(C)C[C@@H]2O. The second-order valence-corrected chi connectivity index (χ2v) is 8.89. The van der Waals surface area contributed by atoms with Gasteiger partial charge in [0, 0.05) is 17.8 Å². The van der Waals surface area contributed by atoms with Crippen LogP contribution in [0.4, 0.5) is 0 Å². The summed E-state index contributed by atoms with van der Waals surface area (Å²) in [5.74, 6) is 1.78. The van der Waals surface area contributed by atoms with E-state index in [1.807, 2.05) is 13.0 Å². The van der Waals surface area contributed by atoms with Gasteiger partial charge in [0.25, 0.3) is 0 Å². The van der Waals surface area contributed by atoms with E-state index in [0.717, 1.165) is 12.8 Å². The molecule has 0 aliphatic heterocycles. The van der Waals surface area contributed by atoms with Crippen molar-refractivity contribution in [3.8, 4) is 0 Å². The Balaban J connectivity index is 1.78. The number of allylic oxidation sites excluding steroid dienone is 4. The lowest BCUT2D eigenvalue weighted by Crippen LogP contribution is -2.57. The van der Waals surface area contributed by atoms with Crippen LogP contribution in [0.2, 0.25) is 0 Å². The Bertz CT molecular complexity index is 602. The smallest absolute Gasteiger partial charge is 0.159 e. The second kappa shape index (κ2) is 4.80. The lowest BCUT2D eigenvalue weighted by Gasteiger charge is -2.57. The van der Waals surface area contributed by atoms with Crippen molar-refractivity contribution in [1.29, 1.82) is 0 Å². The van der Waals surface area contributed by atoms with Crippen LogP contribution in [0.15, 0.2) is 23.8 Å². The lowest BCUT2D eigenvalue weighted by molar-refractivity contribution is -0.151. The molecule has 0 amide bonds. The van der Waals surface area contributed by atoms with Crippen LogP contribution in [0.25, 0.3) is 0 Å². The fourth-order valence-corrected chi connectivity index (χ4v) is 6.43. The molecule has 8 atom stereocenters. The number of fused-ring (bicyclic) bond motifs is 5. The Morgan fingerprint density at radius 3 is 2.74 bits per heavy atom. The Hall–Kier alpha value is -0.930. The van der Waals surface area contributed by atoms with Gasteiger partial charge in [0.2, 0.25) is 0 Å². The number of carbonyl (C=O) groups is 1. The number of rotatable bonds is 0. The minimum absolute atomic E-state index is 0.178. The fourth-order valence-electron chi connectivity index (χ4n) is 6.43. The average molecular weight is 316 g/mol. The van der Waals surface area contributed by atoms with Crippen LogP contribution in [-0.2, 0) is 4.79 Å².